The fourth-order valence-electron chi connectivity index (χ4n) is 13.4. The molecular formula is C93H79B2F12N10O4P. The Kier molecular flexibility index (Phi) is 33.4. The number of aromatic nitrogens is 7. The summed E-state index contributed by atoms with van der Waals surface area (Å²) in [6.45, 7) is 5.23. The molecule has 1 aliphatic heterocycles. The summed E-state index contributed by atoms with van der Waals surface area (Å²) in [6.07, 6.45) is -15.3. The molecule has 5 N–H and O–H groups in total. The highest BCUT2D eigenvalue weighted by atomic mass is 31.0. The standard InChI is InChI=1S/C22H21F3N2O.3C22H15F3N2O.C2H3N.2CH3B.CH4NP/c4*23-22(24,25)17-10-6-9-15-16(21(28)18-11-4-5-12-26-18)13-19(27-20(15)17)14-7-2-1-3-8-14;1-2-3;2*1-2;1-2-3/h1-3,6-10,13,18,21,26,28H,4-5,11-12H2;3*1-13,21,28H;1H3;2*1H3;3H,1H3. The molecule has 7 aromatic heterocycles. The predicted molar refractivity (Wildman–Crippen MR) is 455 cm³/mol. The fourth-order valence-corrected chi connectivity index (χ4v) is 13.4. The van der Waals surface area contributed by atoms with Crippen LogP contribution in [0, 0.1) is 11.3 Å². The second kappa shape index (κ2) is 43.7. The number of piperidine rings is 1. The number of para-hydroxylation sites is 4. The molecule has 29 heteroatoms. The van der Waals surface area contributed by atoms with Crippen LogP contribution in [0.15, 0.2) is 296 Å². The number of nitrogens with one attached hydrogen (secondary N) is 1. The lowest BCUT2D eigenvalue weighted by Crippen LogP contribution is -2.38. The smallest absolute Gasteiger partial charge is 0.387 e. The monoisotopic (exact) mass is 1680 g/mol. The topological polar surface area (TPSA) is 219 Å². The van der Waals surface area contributed by atoms with Gasteiger partial charge in [-0.1, -0.05) is 208 Å². The Bertz CT molecular complexity index is 5490. The average molecular weight is 1680 g/mol. The molecular weight excluding hydrogens is 1600 g/mol. The maximum absolute atomic E-state index is 13.6. The first-order valence-corrected chi connectivity index (χ1v) is 38.2. The molecule has 122 heavy (non-hydrogen) atoms. The van der Waals surface area contributed by atoms with Gasteiger partial charge in [0.05, 0.1) is 112 Å². The van der Waals surface area contributed by atoms with Crippen molar-refractivity contribution in [3.8, 4) is 51.1 Å². The van der Waals surface area contributed by atoms with E-state index in [0.29, 0.717) is 89.8 Å². The number of halogens is 12. The van der Waals surface area contributed by atoms with Crippen LogP contribution >= 0.6 is 9.03 Å². The van der Waals surface area contributed by atoms with Gasteiger partial charge < -0.3 is 25.7 Å². The predicted octanol–water partition coefficient (Wildman–Crippen LogP) is 23.2. The van der Waals surface area contributed by atoms with Crippen LogP contribution in [-0.2, 0) is 24.7 Å². The molecule has 0 amide bonds. The van der Waals surface area contributed by atoms with Crippen LogP contribution < -0.4 is 5.32 Å². The van der Waals surface area contributed by atoms with Gasteiger partial charge in [-0.25, -0.2) is 19.9 Å². The molecule has 4 radical (unpaired) electrons. The zero-order valence-electron chi connectivity index (χ0n) is 65.9. The Morgan fingerprint density at radius 2 is 0.615 bits per heavy atom. The van der Waals surface area contributed by atoms with Crippen LogP contribution in [0.25, 0.3) is 88.6 Å². The summed E-state index contributed by atoms with van der Waals surface area (Å²) < 4.78 is 167. The summed E-state index contributed by atoms with van der Waals surface area (Å²) >= 11 is 0. The number of pyridine rings is 7. The van der Waals surface area contributed by atoms with E-state index in [1.807, 2.05) is 36.4 Å². The number of aliphatic hydroxyl groups excluding tert-OH is 4. The molecule has 1 aliphatic rings. The third-order valence-electron chi connectivity index (χ3n) is 18.8. The van der Waals surface area contributed by atoms with Crippen molar-refractivity contribution < 1.29 is 73.1 Å². The molecule has 14 nitrogen and oxygen atoms in total. The van der Waals surface area contributed by atoms with E-state index in [1.54, 1.807) is 183 Å². The van der Waals surface area contributed by atoms with Crippen molar-refractivity contribution in [2.24, 2.45) is 4.74 Å². The van der Waals surface area contributed by atoms with E-state index in [2.05, 4.69) is 69.7 Å². The molecule has 0 saturated carbocycles. The molecule has 5 atom stereocenters. The molecule has 8 aromatic carbocycles. The molecule has 1 fully saturated rings. The number of rotatable bonds is 12. The molecule has 16 rings (SSSR count). The summed E-state index contributed by atoms with van der Waals surface area (Å²) in [6, 6.07) is 74.7. The summed E-state index contributed by atoms with van der Waals surface area (Å²) in [4.78, 5) is 29.7. The quantitative estimate of drug-likeness (QED) is 0.0437. The summed E-state index contributed by atoms with van der Waals surface area (Å²) in [7, 11) is 13.5. The molecule has 1 saturated heterocycles. The van der Waals surface area contributed by atoms with Gasteiger partial charge in [-0.2, -0.15) is 57.9 Å². The van der Waals surface area contributed by atoms with E-state index in [-0.39, 0.29) is 44.3 Å². The molecule has 0 aliphatic carbocycles. The van der Waals surface area contributed by atoms with E-state index >= 15 is 0 Å². The Morgan fingerprint density at radius 1 is 0.377 bits per heavy atom. The number of benzene rings is 8. The third kappa shape index (κ3) is 23.6. The fraction of sp³-hybridized carbons (Fsp3) is 0.183. The average Bonchev–Trinajstić information content (AvgIpc) is 0.776. The minimum absolute atomic E-state index is 0.124. The van der Waals surface area contributed by atoms with Gasteiger partial charge in [0.15, 0.2) is 0 Å². The van der Waals surface area contributed by atoms with Crippen molar-refractivity contribution in [1.82, 2.24) is 40.2 Å². The van der Waals surface area contributed by atoms with Gasteiger partial charge in [-0.15, -0.1) is 0 Å². The van der Waals surface area contributed by atoms with Gasteiger partial charge in [0.2, 0.25) is 0 Å². The van der Waals surface area contributed by atoms with E-state index in [4.69, 9.17) is 5.26 Å². The maximum atomic E-state index is 13.6. The highest BCUT2D eigenvalue weighted by molar-refractivity contribution is 7.03. The molecule has 0 spiro atoms. The van der Waals surface area contributed by atoms with Crippen LogP contribution in [0.2, 0.25) is 13.6 Å². The summed E-state index contributed by atoms with van der Waals surface area (Å²) in [5.74, 6) is 0. The van der Waals surface area contributed by atoms with E-state index in [0.717, 1.165) is 50.1 Å². The first kappa shape index (κ1) is 93.4. The number of alkyl halides is 12. The molecule has 620 valence electrons. The van der Waals surface area contributed by atoms with Crippen molar-refractivity contribution in [3.05, 3.63) is 353 Å². The molecule has 15 aromatic rings. The second-order valence-corrected chi connectivity index (χ2v) is 27.0. The number of fused-ring (bicyclic) bond motifs is 4. The highest BCUT2D eigenvalue weighted by Crippen LogP contribution is 2.44. The Balaban J connectivity index is 0.000000178. The number of nitrogens with zero attached hydrogens (tertiary/aromatic N) is 9. The van der Waals surface area contributed by atoms with E-state index < -0.39 is 71.4 Å². The van der Waals surface area contributed by atoms with Gasteiger partial charge >= 0.3 is 24.7 Å². The van der Waals surface area contributed by atoms with Crippen molar-refractivity contribution in [2.45, 2.75) is 95.0 Å². The lowest BCUT2D eigenvalue weighted by molar-refractivity contribution is -0.137. The molecule has 5 unspecified atom stereocenters. The maximum Gasteiger partial charge on any atom is 0.418 e. The first-order valence-electron chi connectivity index (χ1n) is 37.8. The minimum Gasteiger partial charge on any atom is -0.387 e. The van der Waals surface area contributed by atoms with Gasteiger partial charge in [0.1, 0.15) is 18.3 Å². The van der Waals surface area contributed by atoms with Crippen molar-refractivity contribution in [1.29, 1.82) is 5.26 Å². The van der Waals surface area contributed by atoms with Crippen LogP contribution in [0.4, 0.5) is 52.7 Å². The third-order valence-corrected chi connectivity index (χ3v) is 18.8. The molecule has 0 bridgehead atoms. The van der Waals surface area contributed by atoms with Crippen LogP contribution in [-0.4, -0.2) is 90.6 Å². The lowest BCUT2D eigenvalue weighted by atomic mass is 9.91. The molecule has 8 heterocycles. The van der Waals surface area contributed by atoms with Gasteiger partial charge in [0, 0.05) is 82.4 Å². The lowest BCUT2D eigenvalue weighted by Gasteiger charge is -2.29. The largest absolute Gasteiger partial charge is 0.418 e. The Labute approximate surface area is 701 Å². The Hall–Kier alpha value is -12.5. The van der Waals surface area contributed by atoms with Crippen LogP contribution in [0.1, 0.15) is 112 Å². The normalized spacial score (nSPS) is 13.5. The first-order chi connectivity index (χ1) is 58.6. The second-order valence-electron chi connectivity index (χ2n) is 26.6. The zero-order valence-corrected chi connectivity index (χ0v) is 66.9. The van der Waals surface area contributed by atoms with Gasteiger partial charge in [-0.3, -0.25) is 19.7 Å². The van der Waals surface area contributed by atoms with Gasteiger partial charge in [-0.05, 0) is 136 Å². The van der Waals surface area contributed by atoms with Gasteiger partial charge in [0.25, 0.3) is 0 Å². The number of hydrogen-bond donors (Lipinski definition) is 5. The summed E-state index contributed by atoms with van der Waals surface area (Å²) in [5.41, 5.74) is 2.72. The van der Waals surface area contributed by atoms with Crippen LogP contribution in [0.5, 0.6) is 0 Å². The van der Waals surface area contributed by atoms with E-state index in [1.165, 1.54) is 81.6 Å². The minimum atomic E-state index is -4.56. The number of hydrogen-bond acceptors (Lipinski definition) is 14. The summed E-state index contributed by atoms with van der Waals surface area (Å²) in [5, 5.41) is 55.4. The van der Waals surface area contributed by atoms with Crippen molar-refractivity contribution in [3.63, 3.8) is 0 Å². The van der Waals surface area contributed by atoms with E-state index in [9.17, 15) is 73.1 Å². The number of aliphatic hydroxyl groups is 4. The van der Waals surface area contributed by atoms with Crippen LogP contribution in [0.3, 0.4) is 0 Å². The van der Waals surface area contributed by atoms with Crippen molar-refractivity contribution >= 4 is 68.3 Å². The highest BCUT2D eigenvalue weighted by Gasteiger charge is 2.39. The number of nitriles is 1. The van der Waals surface area contributed by atoms with Crippen molar-refractivity contribution in [2.75, 3.05) is 13.6 Å². The zero-order chi connectivity index (χ0) is 88.3. The SMILES string of the molecule is CC#N.CN=P.OC(c1cc(-c2ccccc2)nc2c(C(F)(F)F)cccc12)C1CCCCN1.OC(c1ccccn1)c1cc(-c2ccccc2)nc2c(C(F)(F)F)cccc12.OC(c1ccccn1)c1cc(-c2ccccc2)nc2c(C(F)(F)F)cccc12.OC(c1ccccn1)c1cc(-c2ccccc2)nc2c(C(F)(F)F)cccc12.[B]C.[B]C. The Morgan fingerprint density at radius 3 is 0.836 bits per heavy atom.